The fourth-order valence-corrected chi connectivity index (χ4v) is 2.10. The van der Waals surface area contributed by atoms with E-state index in [2.05, 4.69) is 39.6 Å². The summed E-state index contributed by atoms with van der Waals surface area (Å²) in [6, 6.07) is 8.93. The van der Waals surface area contributed by atoms with Crippen molar-refractivity contribution in [3.8, 4) is 0 Å². The Kier molecular flexibility index (Phi) is 2.92. The second-order valence-electron chi connectivity index (χ2n) is 4.70. The highest BCUT2D eigenvalue weighted by molar-refractivity contribution is 5.29. The third-order valence-electron chi connectivity index (χ3n) is 3.20. The number of nitrogens with one attached hydrogen (secondary N) is 2. The van der Waals surface area contributed by atoms with E-state index in [0.29, 0.717) is 0 Å². The van der Waals surface area contributed by atoms with Crippen molar-refractivity contribution in [2.45, 2.75) is 31.8 Å². The summed E-state index contributed by atoms with van der Waals surface area (Å²) in [4.78, 5) is 7.09. The van der Waals surface area contributed by atoms with Crippen LogP contribution in [0.3, 0.4) is 0 Å². The Balaban J connectivity index is 1.55. The Morgan fingerprint density at radius 2 is 2.24 bits per heavy atom. The first-order valence-corrected chi connectivity index (χ1v) is 6.18. The molecule has 0 unspecified atom stereocenters. The van der Waals surface area contributed by atoms with E-state index in [-0.39, 0.29) is 0 Å². The molecule has 0 bridgehead atoms. The first-order valence-electron chi connectivity index (χ1n) is 6.18. The molecule has 1 heterocycles. The van der Waals surface area contributed by atoms with Crippen molar-refractivity contribution in [1.82, 2.24) is 15.3 Å². The molecule has 3 nitrogen and oxygen atoms in total. The lowest BCUT2D eigenvalue weighted by Gasteiger charge is -2.05. The van der Waals surface area contributed by atoms with Crippen molar-refractivity contribution in [2.75, 3.05) is 0 Å². The minimum absolute atomic E-state index is 0.836. The molecule has 0 spiro atoms. The Morgan fingerprint density at radius 3 is 3.00 bits per heavy atom. The lowest BCUT2D eigenvalue weighted by Crippen LogP contribution is -2.12. The molecule has 0 saturated heterocycles. The van der Waals surface area contributed by atoms with Gasteiger partial charge in [0.15, 0.2) is 0 Å². The summed E-state index contributed by atoms with van der Waals surface area (Å²) >= 11 is 0. The van der Waals surface area contributed by atoms with E-state index in [1.165, 1.54) is 24.0 Å². The van der Waals surface area contributed by atoms with Gasteiger partial charge in [-0.05, 0) is 29.9 Å². The zero-order chi connectivity index (χ0) is 11.5. The SMILES string of the molecule is c1cc(CNCc2cnc[nH]2)cc(C2CC2)c1. The van der Waals surface area contributed by atoms with Gasteiger partial charge < -0.3 is 10.3 Å². The maximum Gasteiger partial charge on any atom is 0.0922 e. The highest BCUT2D eigenvalue weighted by Gasteiger charge is 2.23. The molecule has 88 valence electrons. The van der Waals surface area contributed by atoms with Gasteiger partial charge in [0.05, 0.1) is 6.33 Å². The Hall–Kier alpha value is -1.61. The zero-order valence-electron chi connectivity index (χ0n) is 9.82. The number of aromatic amines is 1. The van der Waals surface area contributed by atoms with Crippen LogP contribution in [-0.4, -0.2) is 9.97 Å². The average molecular weight is 227 g/mol. The van der Waals surface area contributed by atoms with Crippen molar-refractivity contribution in [2.24, 2.45) is 0 Å². The molecule has 2 N–H and O–H groups in total. The smallest absolute Gasteiger partial charge is 0.0922 e. The third-order valence-corrected chi connectivity index (χ3v) is 3.20. The van der Waals surface area contributed by atoms with E-state index in [0.717, 1.165) is 24.7 Å². The largest absolute Gasteiger partial charge is 0.347 e. The molecule has 3 heteroatoms. The second-order valence-corrected chi connectivity index (χ2v) is 4.70. The van der Waals surface area contributed by atoms with E-state index in [1.54, 1.807) is 6.33 Å². The van der Waals surface area contributed by atoms with Crippen LogP contribution in [0.25, 0.3) is 0 Å². The highest BCUT2D eigenvalue weighted by atomic mass is 14.9. The van der Waals surface area contributed by atoms with Crippen molar-refractivity contribution in [1.29, 1.82) is 0 Å². The molecule has 3 rings (SSSR count). The lowest BCUT2D eigenvalue weighted by molar-refractivity contribution is 0.681. The molecule has 1 fully saturated rings. The van der Waals surface area contributed by atoms with Gasteiger partial charge in [-0.15, -0.1) is 0 Å². The van der Waals surface area contributed by atoms with Crippen molar-refractivity contribution in [3.05, 3.63) is 53.6 Å². The van der Waals surface area contributed by atoms with E-state index in [4.69, 9.17) is 0 Å². The van der Waals surface area contributed by atoms with Crippen molar-refractivity contribution in [3.63, 3.8) is 0 Å². The highest BCUT2D eigenvalue weighted by Crippen LogP contribution is 2.40. The van der Waals surface area contributed by atoms with Crippen molar-refractivity contribution >= 4 is 0 Å². The van der Waals surface area contributed by atoms with Gasteiger partial charge in [0.1, 0.15) is 0 Å². The van der Waals surface area contributed by atoms with Gasteiger partial charge in [-0.25, -0.2) is 4.98 Å². The fourth-order valence-electron chi connectivity index (χ4n) is 2.10. The molecule has 0 radical (unpaired) electrons. The quantitative estimate of drug-likeness (QED) is 0.824. The summed E-state index contributed by atoms with van der Waals surface area (Å²) in [5.74, 6) is 0.836. The normalized spacial score (nSPS) is 15.1. The molecule has 2 aromatic rings. The third kappa shape index (κ3) is 2.74. The van der Waals surface area contributed by atoms with Gasteiger partial charge >= 0.3 is 0 Å². The Bertz CT molecular complexity index is 472. The maximum absolute atomic E-state index is 4.00. The predicted molar refractivity (Wildman–Crippen MR) is 67.5 cm³/mol. The molecule has 1 aromatic carbocycles. The average Bonchev–Trinajstić information content (AvgIpc) is 3.09. The minimum atomic E-state index is 0.836. The van der Waals surface area contributed by atoms with Gasteiger partial charge in [-0.3, -0.25) is 0 Å². The molecule has 0 amide bonds. The number of H-pyrrole nitrogens is 1. The van der Waals surface area contributed by atoms with E-state index in [1.807, 2.05) is 6.20 Å². The number of aromatic nitrogens is 2. The first kappa shape index (κ1) is 10.5. The summed E-state index contributed by atoms with van der Waals surface area (Å²) < 4.78 is 0. The summed E-state index contributed by atoms with van der Waals surface area (Å²) in [5, 5.41) is 3.42. The molecule has 17 heavy (non-hydrogen) atoms. The predicted octanol–water partition coefficient (Wildman–Crippen LogP) is 2.58. The molecule has 1 saturated carbocycles. The van der Waals surface area contributed by atoms with Crippen LogP contribution in [0.4, 0.5) is 0 Å². The number of imidazole rings is 1. The summed E-state index contributed by atoms with van der Waals surface area (Å²) in [6.07, 6.45) is 6.30. The molecule has 1 aromatic heterocycles. The zero-order valence-corrected chi connectivity index (χ0v) is 9.82. The van der Waals surface area contributed by atoms with Crippen LogP contribution in [0.5, 0.6) is 0 Å². The first-order chi connectivity index (χ1) is 8.42. The Morgan fingerprint density at radius 1 is 1.29 bits per heavy atom. The van der Waals surface area contributed by atoms with Gasteiger partial charge in [-0.2, -0.15) is 0 Å². The molecular formula is C14H17N3. The monoisotopic (exact) mass is 227 g/mol. The second kappa shape index (κ2) is 4.72. The number of hydrogen-bond acceptors (Lipinski definition) is 2. The van der Waals surface area contributed by atoms with Crippen molar-refractivity contribution < 1.29 is 0 Å². The summed E-state index contributed by atoms with van der Waals surface area (Å²) in [7, 11) is 0. The maximum atomic E-state index is 4.00. The number of benzene rings is 1. The van der Waals surface area contributed by atoms with Crippen LogP contribution in [0.15, 0.2) is 36.8 Å². The number of rotatable bonds is 5. The minimum Gasteiger partial charge on any atom is -0.347 e. The van der Waals surface area contributed by atoms with Crippen LogP contribution in [0.1, 0.15) is 35.6 Å². The van der Waals surface area contributed by atoms with Gasteiger partial charge in [0, 0.05) is 25.0 Å². The summed E-state index contributed by atoms with van der Waals surface area (Å²) in [6.45, 7) is 1.76. The van der Waals surface area contributed by atoms with E-state index < -0.39 is 0 Å². The molecular weight excluding hydrogens is 210 g/mol. The van der Waals surface area contributed by atoms with Crippen LogP contribution >= 0.6 is 0 Å². The van der Waals surface area contributed by atoms with Crippen LogP contribution < -0.4 is 5.32 Å². The van der Waals surface area contributed by atoms with E-state index in [9.17, 15) is 0 Å². The molecule has 0 atom stereocenters. The number of nitrogens with zero attached hydrogens (tertiary/aromatic N) is 1. The molecule has 1 aliphatic rings. The van der Waals surface area contributed by atoms with Gasteiger partial charge in [0.2, 0.25) is 0 Å². The number of hydrogen-bond donors (Lipinski definition) is 2. The van der Waals surface area contributed by atoms with Gasteiger partial charge in [0.25, 0.3) is 0 Å². The standard InChI is InChI=1S/C14H17N3/c1-2-11(6-13(3-1)12-4-5-12)7-15-8-14-9-16-10-17-14/h1-3,6,9-10,12,15H,4-5,7-8H2,(H,16,17). The summed E-state index contributed by atoms with van der Waals surface area (Å²) in [5.41, 5.74) is 4.00. The molecule has 1 aliphatic carbocycles. The lowest BCUT2D eigenvalue weighted by atomic mass is 10.1. The van der Waals surface area contributed by atoms with Gasteiger partial charge in [-0.1, -0.05) is 24.3 Å². The van der Waals surface area contributed by atoms with Crippen LogP contribution in [0, 0.1) is 0 Å². The molecule has 0 aliphatic heterocycles. The Labute approximate surface area is 101 Å². The van der Waals surface area contributed by atoms with Crippen LogP contribution in [-0.2, 0) is 13.1 Å². The topological polar surface area (TPSA) is 40.7 Å². The van der Waals surface area contributed by atoms with E-state index >= 15 is 0 Å². The fraction of sp³-hybridized carbons (Fsp3) is 0.357. The van der Waals surface area contributed by atoms with Crippen LogP contribution in [0.2, 0.25) is 0 Å².